The van der Waals surface area contributed by atoms with E-state index in [1.807, 2.05) is 0 Å². The molecule has 2 aromatic rings. The van der Waals surface area contributed by atoms with Gasteiger partial charge in [-0.3, -0.25) is 9.59 Å². The summed E-state index contributed by atoms with van der Waals surface area (Å²) in [7, 11) is 1.43. The predicted molar refractivity (Wildman–Crippen MR) is 82.7 cm³/mol. The Labute approximate surface area is 132 Å². The summed E-state index contributed by atoms with van der Waals surface area (Å²) in [6, 6.07) is 10.2. The molecule has 1 aromatic heterocycles. The molecular weight excluding hydrogens is 306 g/mol. The number of halogens is 1. The summed E-state index contributed by atoms with van der Waals surface area (Å²) >= 11 is 5.77. The van der Waals surface area contributed by atoms with E-state index in [-0.39, 0.29) is 12.4 Å². The van der Waals surface area contributed by atoms with Crippen LogP contribution in [0.3, 0.4) is 0 Å². The number of carbonyl (C=O) groups excluding carboxylic acids is 2. The van der Waals surface area contributed by atoms with Gasteiger partial charge in [-0.25, -0.2) is 4.98 Å². The van der Waals surface area contributed by atoms with Crippen LogP contribution in [0.25, 0.3) is 0 Å². The van der Waals surface area contributed by atoms with E-state index in [0.717, 1.165) is 5.56 Å². The molecule has 0 atom stereocenters. The lowest BCUT2D eigenvalue weighted by Gasteiger charge is -2.09. The van der Waals surface area contributed by atoms with Gasteiger partial charge in [0.2, 0.25) is 5.88 Å². The van der Waals surface area contributed by atoms with Crippen molar-refractivity contribution in [3.63, 3.8) is 0 Å². The largest absolute Gasteiger partial charge is 0.480 e. The zero-order valence-electron chi connectivity index (χ0n) is 11.8. The first-order chi connectivity index (χ1) is 10.6. The number of carbonyl (C=O) groups is 2. The van der Waals surface area contributed by atoms with Crippen molar-refractivity contribution in [3.8, 4) is 5.88 Å². The number of pyridine rings is 1. The molecule has 0 aliphatic heterocycles. The number of methoxy groups -OCH3 is 1. The molecule has 1 aromatic carbocycles. The van der Waals surface area contributed by atoms with Crippen molar-refractivity contribution in [2.75, 3.05) is 12.4 Å². The number of nitrogens with zero attached hydrogens (tertiary/aromatic N) is 1. The highest BCUT2D eigenvalue weighted by Crippen LogP contribution is 2.19. The van der Waals surface area contributed by atoms with Crippen molar-refractivity contribution in [3.05, 3.63) is 53.2 Å². The van der Waals surface area contributed by atoms with Gasteiger partial charge in [-0.1, -0.05) is 23.7 Å². The van der Waals surface area contributed by atoms with Crippen LogP contribution in [0.2, 0.25) is 5.02 Å². The molecule has 22 heavy (non-hydrogen) atoms. The molecule has 0 bridgehead atoms. The van der Waals surface area contributed by atoms with Crippen LogP contribution in [-0.4, -0.2) is 23.9 Å². The number of rotatable bonds is 4. The SMILES string of the molecule is COc1ncccc1NC(=O)C(=O)NCc1ccc(Cl)cc1. The molecule has 2 amide bonds. The summed E-state index contributed by atoms with van der Waals surface area (Å²) in [5.41, 5.74) is 1.17. The number of hydrogen-bond donors (Lipinski definition) is 2. The number of aromatic nitrogens is 1. The first-order valence-electron chi connectivity index (χ1n) is 6.43. The standard InChI is InChI=1S/C15H14ClN3O3/c1-22-15-12(3-2-8-17-15)19-14(21)13(20)18-9-10-4-6-11(16)7-5-10/h2-8H,9H2,1H3,(H,18,20)(H,19,21). The molecular formula is C15H14ClN3O3. The molecule has 7 heteroatoms. The molecule has 1 heterocycles. The Morgan fingerprint density at radius 3 is 2.59 bits per heavy atom. The fourth-order valence-electron chi connectivity index (χ4n) is 1.69. The van der Waals surface area contributed by atoms with Crippen LogP contribution in [0, 0.1) is 0 Å². The third kappa shape index (κ3) is 4.20. The summed E-state index contributed by atoms with van der Waals surface area (Å²) in [5, 5.41) is 5.58. The Bertz CT molecular complexity index is 674. The van der Waals surface area contributed by atoms with Gasteiger partial charge in [0.15, 0.2) is 0 Å². The van der Waals surface area contributed by atoms with Gasteiger partial charge in [-0.15, -0.1) is 0 Å². The highest BCUT2D eigenvalue weighted by Gasteiger charge is 2.15. The van der Waals surface area contributed by atoms with Crippen LogP contribution in [0.1, 0.15) is 5.56 Å². The van der Waals surface area contributed by atoms with Gasteiger partial charge < -0.3 is 15.4 Å². The number of ether oxygens (including phenoxy) is 1. The smallest absolute Gasteiger partial charge is 0.313 e. The van der Waals surface area contributed by atoms with E-state index < -0.39 is 11.8 Å². The normalized spacial score (nSPS) is 9.91. The van der Waals surface area contributed by atoms with Gasteiger partial charge >= 0.3 is 11.8 Å². The van der Waals surface area contributed by atoms with Crippen LogP contribution in [0.5, 0.6) is 5.88 Å². The maximum atomic E-state index is 11.8. The summed E-state index contributed by atoms with van der Waals surface area (Å²) < 4.78 is 5.00. The summed E-state index contributed by atoms with van der Waals surface area (Å²) in [6.45, 7) is 0.230. The molecule has 0 saturated carbocycles. The third-order valence-electron chi connectivity index (χ3n) is 2.79. The predicted octanol–water partition coefficient (Wildman–Crippen LogP) is 2.00. The van der Waals surface area contributed by atoms with Crippen LogP contribution in [0.15, 0.2) is 42.6 Å². The molecule has 2 N–H and O–H groups in total. The zero-order valence-corrected chi connectivity index (χ0v) is 12.6. The van der Waals surface area contributed by atoms with Crippen LogP contribution < -0.4 is 15.4 Å². The van der Waals surface area contributed by atoms with Crippen LogP contribution >= 0.6 is 11.6 Å². The van der Waals surface area contributed by atoms with Crippen molar-refractivity contribution >= 4 is 29.1 Å². The average Bonchev–Trinajstić information content (AvgIpc) is 2.54. The highest BCUT2D eigenvalue weighted by molar-refractivity contribution is 6.39. The van der Waals surface area contributed by atoms with Crippen molar-refractivity contribution in [2.45, 2.75) is 6.54 Å². The minimum Gasteiger partial charge on any atom is -0.480 e. The average molecular weight is 320 g/mol. The Morgan fingerprint density at radius 2 is 1.91 bits per heavy atom. The number of hydrogen-bond acceptors (Lipinski definition) is 4. The number of benzene rings is 1. The summed E-state index contributed by atoms with van der Waals surface area (Å²) in [5.74, 6) is -1.30. The van der Waals surface area contributed by atoms with E-state index >= 15 is 0 Å². The highest BCUT2D eigenvalue weighted by atomic mass is 35.5. The summed E-state index contributed by atoms with van der Waals surface area (Å²) in [6.07, 6.45) is 1.52. The van der Waals surface area contributed by atoms with Gasteiger partial charge in [0, 0.05) is 17.8 Å². The lowest BCUT2D eigenvalue weighted by atomic mass is 10.2. The topological polar surface area (TPSA) is 80.3 Å². The van der Waals surface area contributed by atoms with Crippen molar-refractivity contribution in [1.82, 2.24) is 10.3 Å². The van der Waals surface area contributed by atoms with Gasteiger partial charge in [-0.2, -0.15) is 0 Å². The van der Waals surface area contributed by atoms with Crippen molar-refractivity contribution in [1.29, 1.82) is 0 Å². The zero-order chi connectivity index (χ0) is 15.9. The van der Waals surface area contributed by atoms with E-state index in [1.165, 1.54) is 13.3 Å². The number of nitrogens with one attached hydrogen (secondary N) is 2. The molecule has 6 nitrogen and oxygen atoms in total. The van der Waals surface area contributed by atoms with Gasteiger partial charge in [0.05, 0.1) is 7.11 Å². The van der Waals surface area contributed by atoms with Crippen LogP contribution in [-0.2, 0) is 16.1 Å². The van der Waals surface area contributed by atoms with Gasteiger partial charge in [-0.05, 0) is 29.8 Å². The molecule has 0 saturated heterocycles. The quantitative estimate of drug-likeness (QED) is 0.845. The van der Waals surface area contributed by atoms with Crippen LogP contribution in [0.4, 0.5) is 5.69 Å². The maximum absolute atomic E-state index is 11.8. The van der Waals surface area contributed by atoms with E-state index in [4.69, 9.17) is 16.3 Å². The fourth-order valence-corrected chi connectivity index (χ4v) is 1.82. The van der Waals surface area contributed by atoms with E-state index in [9.17, 15) is 9.59 Å². The second-order valence-corrected chi connectivity index (χ2v) is 4.76. The molecule has 0 radical (unpaired) electrons. The third-order valence-corrected chi connectivity index (χ3v) is 3.04. The molecule has 2 rings (SSSR count). The molecule has 0 aliphatic rings. The Kier molecular flexibility index (Phi) is 5.32. The first kappa shape index (κ1) is 15.8. The minimum atomic E-state index is -0.791. The summed E-state index contributed by atoms with van der Waals surface area (Å²) in [4.78, 5) is 27.5. The number of amides is 2. The Morgan fingerprint density at radius 1 is 1.18 bits per heavy atom. The van der Waals surface area contributed by atoms with Crippen molar-refractivity contribution in [2.24, 2.45) is 0 Å². The second-order valence-electron chi connectivity index (χ2n) is 4.32. The second kappa shape index (κ2) is 7.42. The maximum Gasteiger partial charge on any atom is 0.313 e. The Hall–Kier alpha value is -2.60. The lowest BCUT2D eigenvalue weighted by Crippen LogP contribution is -2.35. The molecule has 0 fully saturated rings. The molecule has 0 aliphatic carbocycles. The first-order valence-corrected chi connectivity index (χ1v) is 6.80. The molecule has 0 spiro atoms. The van der Waals surface area contributed by atoms with Gasteiger partial charge in [0.1, 0.15) is 5.69 Å². The van der Waals surface area contributed by atoms with Crippen molar-refractivity contribution < 1.29 is 14.3 Å². The van der Waals surface area contributed by atoms with Gasteiger partial charge in [0.25, 0.3) is 0 Å². The molecule has 114 valence electrons. The number of anilines is 1. The van der Waals surface area contributed by atoms with E-state index in [1.54, 1.807) is 36.4 Å². The van der Waals surface area contributed by atoms with E-state index in [2.05, 4.69) is 15.6 Å². The molecule has 0 unspecified atom stereocenters. The van der Waals surface area contributed by atoms with E-state index in [0.29, 0.717) is 10.7 Å². The minimum absolute atomic E-state index is 0.230. The monoisotopic (exact) mass is 319 g/mol. The lowest BCUT2D eigenvalue weighted by molar-refractivity contribution is -0.136. The fraction of sp³-hybridized carbons (Fsp3) is 0.133. The Balaban J connectivity index is 1.92.